The Morgan fingerprint density at radius 2 is 1.82 bits per heavy atom. The average molecular weight is 465 g/mol. The van der Waals surface area contributed by atoms with Crippen LogP contribution in [0.15, 0.2) is 72.6 Å². The number of amides is 1. The van der Waals surface area contributed by atoms with Crippen molar-refractivity contribution in [3.8, 4) is 11.5 Å². The van der Waals surface area contributed by atoms with Gasteiger partial charge in [-0.2, -0.15) is 0 Å². The van der Waals surface area contributed by atoms with Crippen molar-refractivity contribution in [3.05, 3.63) is 94.3 Å². The topological polar surface area (TPSA) is 89.0 Å². The van der Waals surface area contributed by atoms with Crippen LogP contribution >= 0.6 is 11.6 Å². The summed E-state index contributed by atoms with van der Waals surface area (Å²) in [4.78, 5) is 31.8. The molecule has 1 unspecified atom stereocenters. The largest absolute Gasteiger partial charge is 0.507 e. The maximum atomic E-state index is 13.2. The monoisotopic (exact) mass is 464 g/mol. The Morgan fingerprint density at radius 3 is 2.52 bits per heavy atom. The smallest absolute Gasteiger partial charge is 0.295 e. The van der Waals surface area contributed by atoms with Crippen LogP contribution < -0.4 is 9.47 Å². The zero-order chi connectivity index (χ0) is 23.5. The first-order valence-electron chi connectivity index (χ1n) is 10.1. The number of nitrogens with zero attached hydrogens (tertiary/aromatic N) is 2. The summed E-state index contributed by atoms with van der Waals surface area (Å²) in [6.07, 6.45) is 3.23. The number of benzene rings is 2. The van der Waals surface area contributed by atoms with Crippen LogP contribution in [0.3, 0.4) is 0 Å². The molecule has 1 aromatic heterocycles. The van der Waals surface area contributed by atoms with E-state index in [0.717, 1.165) is 5.56 Å². The number of halogens is 1. The van der Waals surface area contributed by atoms with Crippen LogP contribution in [-0.2, 0) is 16.1 Å². The standard InChI is InChI=1S/C25H21ClN2O5/c1-32-18-5-3-4-16(12-18)22-21(23(29)19-13-17(26)6-7-20(19)33-2)24(30)25(31)28(22)14-15-8-10-27-11-9-15/h3-13,22,29H,14H2,1-2H3/b23-21+. The van der Waals surface area contributed by atoms with Crippen molar-refractivity contribution in [3.63, 3.8) is 0 Å². The molecular weight excluding hydrogens is 444 g/mol. The molecule has 168 valence electrons. The van der Waals surface area contributed by atoms with Gasteiger partial charge in [0.15, 0.2) is 0 Å². The number of ketones is 1. The minimum atomic E-state index is -0.850. The minimum Gasteiger partial charge on any atom is -0.507 e. The van der Waals surface area contributed by atoms with Crippen LogP contribution in [-0.4, -0.2) is 40.9 Å². The molecule has 1 N–H and O–H groups in total. The van der Waals surface area contributed by atoms with Gasteiger partial charge in [0.05, 0.1) is 31.4 Å². The molecule has 1 amide bonds. The molecule has 0 radical (unpaired) electrons. The van der Waals surface area contributed by atoms with Gasteiger partial charge in [0.2, 0.25) is 0 Å². The second-order valence-corrected chi connectivity index (χ2v) is 7.84. The maximum Gasteiger partial charge on any atom is 0.295 e. The van der Waals surface area contributed by atoms with Gasteiger partial charge in [-0.15, -0.1) is 0 Å². The van der Waals surface area contributed by atoms with Crippen molar-refractivity contribution in [2.24, 2.45) is 0 Å². The van der Waals surface area contributed by atoms with Crippen molar-refractivity contribution >= 4 is 29.1 Å². The third-order valence-corrected chi connectivity index (χ3v) is 5.70. The fourth-order valence-electron chi connectivity index (χ4n) is 3.90. The maximum absolute atomic E-state index is 13.2. The Labute approximate surface area is 195 Å². The van der Waals surface area contributed by atoms with Crippen molar-refractivity contribution in [1.29, 1.82) is 0 Å². The summed E-state index contributed by atoms with van der Waals surface area (Å²) < 4.78 is 10.7. The number of hydrogen-bond donors (Lipinski definition) is 1. The van der Waals surface area contributed by atoms with E-state index in [4.69, 9.17) is 21.1 Å². The van der Waals surface area contributed by atoms with E-state index >= 15 is 0 Å². The fourth-order valence-corrected chi connectivity index (χ4v) is 4.07. The second-order valence-electron chi connectivity index (χ2n) is 7.40. The molecule has 4 rings (SSSR count). The zero-order valence-corrected chi connectivity index (χ0v) is 18.7. The molecule has 7 nitrogen and oxygen atoms in total. The summed E-state index contributed by atoms with van der Waals surface area (Å²) in [5.41, 5.74) is 1.58. The number of carbonyl (C=O) groups is 2. The molecule has 0 aliphatic carbocycles. The van der Waals surface area contributed by atoms with Gasteiger partial charge < -0.3 is 19.5 Å². The van der Waals surface area contributed by atoms with Gasteiger partial charge in [0.1, 0.15) is 17.3 Å². The molecule has 0 bridgehead atoms. The zero-order valence-electron chi connectivity index (χ0n) is 18.0. The number of aliphatic hydroxyl groups is 1. The number of ether oxygens (including phenoxy) is 2. The predicted octanol–water partition coefficient (Wildman–Crippen LogP) is 4.37. The molecule has 1 saturated heterocycles. The van der Waals surface area contributed by atoms with Gasteiger partial charge in [-0.25, -0.2) is 0 Å². The molecule has 8 heteroatoms. The molecule has 2 aromatic carbocycles. The van der Waals surface area contributed by atoms with Gasteiger partial charge in [-0.05, 0) is 53.6 Å². The molecule has 1 fully saturated rings. The van der Waals surface area contributed by atoms with E-state index in [9.17, 15) is 14.7 Å². The minimum absolute atomic E-state index is 0.0529. The van der Waals surface area contributed by atoms with Crippen molar-refractivity contribution in [1.82, 2.24) is 9.88 Å². The molecule has 1 atom stereocenters. The number of methoxy groups -OCH3 is 2. The molecule has 2 heterocycles. The summed E-state index contributed by atoms with van der Waals surface area (Å²) >= 11 is 6.14. The Bertz CT molecular complexity index is 1240. The van der Waals surface area contributed by atoms with E-state index in [0.29, 0.717) is 22.1 Å². The van der Waals surface area contributed by atoms with Crippen LogP contribution in [0.4, 0.5) is 0 Å². The summed E-state index contributed by atoms with van der Waals surface area (Å²) in [7, 11) is 2.98. The second kappa shape index (κ2) is 9.34. The Balaban J connectivity index is 1.92. The van der Waals surface area contributed by atoms with Crippen LogP contribution in [0, 0.1) is 0 Å². The third-order valence-electron chi connectivity index (χ3n) is 5.47. The number of aliphatic hydroxyl groups excluding tert-OH is 1. The predicted molar refractivity (Wildman–Crippen MR) is 123 cm³/mol. The first-order valence-corrected chi connectivity index (χ1v) is 10.5. The molecule has 0 saturated carbocycles. The summed E-state index contributed by atoms with van der Waals surface area (Å²) in [5, 5.41) is 11.6. The van der Waals surface area contributed by atoms with Gasteiger partial charge >= 0.3 is 0 Å². The van der Waals surface area contributed by atoms with Crippen LogP contribution in [0.5, 0.6) is 11.5 Å². The van der Waals surface area contributed by atoms with Crippen molar-refractivity contribution in [2.75, 3.05) is 14.2 Å². The highest BCUT2D eigenvalue weighted by Crippen LogP contribution is 2.42. The van der Waals surface area contributed by atoms with Gasteiger partial charge in [0.25, 0.3) is 11.7 Å². The molecule has 33 heavy (non-hydrogen) atoms. The number of carbonyl (C=O) groups excluding carboxylic acids is 2. The number of hydrogen-bond acceptors (Lipinski definition) is 6. The summed E-state index contributed by atoms with van der Waals surface area (Å²) in [6.45, 7) is 0.151. The molecule has 1 aliphatic heterocycles. The SMILES string of the molecule is COc1cccc(C2/C(=C(\O)c3cc(Cl)ccc3OC)C(=O)C(=O)N2Cc2ccncc2)c1. The van der Waals surface area contributed by atoms with Crippen LogP contribution in [0.1, 0.15) is 22.7 Å². The highest BCUT2D eigenvalue weighted by molar-refractivity contribution is 6.46. The van der Waals surface area contributed by atoms with Crippen molar-refractivity contribution in [2.45, 2.75) is 12.6 Å². The lowest BCUT2D eigenvalue weighted by Crippen LogP contribution is -2.29. The van der Waals surface area contributed by atoms with E-state index in [1.165, 1.54) is 25.2 Å². The Morgan fingerprint density at radius 1 is 1.06 bits per heavy atom. The normalized spacial score (nSPS) is 17.3. The molecule has 3 aromatic rings. The van der Waals surface area contributed by atoms with Gasteiger partial charge in [-0.1, -0.05) is 23.7 Å². The summed E-state index contributed by atoms with van der Waals surface area (Å²) in [5.74, 6) is -1.000. The van der Waals surface area contributed by atoms with Gasteiger partial charge in [0, 0.05) is 24.0 Å². The highest BCUT2D eigenvalue weighted by atomic mass is 35.5. The average Bonchev–Trinajstić information content (AvgIpc) is 3.09. The first-order chi connectivity index (χ1) is 15.9. The lowest BCUT2D eigenvalue weighted by atomic mass is 9.94. The fraction of sp³-hybridized carbons (Fsp3) is 0.160. The van der Waals surface area contributed by atoms with E-state index in [2.05, 4.69) is 4.98 Å². The number of aromatic nitrogens is 1. The van der Waals surface area contributed by atoms with Crippen molar-refractivity contribution < 1.29 is 24.2 Å². The lowest BCUT2D eigenvalue weighted by molar-refractivity contribution is -0.140. The van der Waals surface area contributed by atoms with E-state index in [-0.39, 0.29) is 23.4 Å². The van der Waals surface area contributed by atoms with Crippen LogP contribution in [0.25, 0.3) is 5.76 Å². The van der Waals surface area contributed by atoms with Gasteiger partial charge in [-0.3, -0.25) is 14.6 Å². The highest BCUT2D eigenvalue weighted by Gasteiger charge is 2.46. The van der Waals surface area contributed by atoms with E-state index < -0.39 is 17.7 Å². The Kier molecular flexibility index (Phi) is 6.33. The first kappa shape index (κ1) is 22.4. The summed E-state index contributed by atoms with van der Waals surface area (Å²) in [6, 6.07) is 14.4. The molecule has 0 spiro atoms. The van der Waals surface area contributed by atoms with Crippen LogP contribution in [0.2, 0.25) is 5.02 Å². The van der Waals surface area contributed by atoms with E-state index in [1.54, 1.807) is 60.9 Å². The lowest BCUT2D eigenvalue weighted by Gasteiger charge is -2.26. The third kappa shape index (κ3) is 4.27. The van der Waals surface area contributed by atoms with E-state index in [1.807, 2.05) is 0 Å². The number of Topliss-reactive ketones (excluding diaryl/α,β-unsaturated/α-hetero) is 1. The molecular formula is C25H21ClN2O5. The quantitative estimate of drug-likeness (QED) is 0.331. The number of pyridine rings is 1. The number of likely N-dealkylation sites (tertiary alicyclic amines) is 1. The Hall–Kier alpha value is -3.84. The number of rotatable bonds is 6. The molecule has 1 aliphatic rings.